The highest BCUT2D eigenvalue weighted by Gasteiger charge is 2.34. The lowest BCUT2D eigenvalue weighted by molar-refractivity contribution is -0.113. The fourth-order valence-electron chi connectivity index (χ4n) is 3.71. The lowest BCUT2D eigenvalue weighted by Gasteiger charge is -2.29. The molecule has 1 aliphatic rings. The Morgan fingerprint density at radius 3 is 2.55 bits per heavy atom. The van der Waals surface area contributed by atoms with Crippen LogP contribution in [0.4, 0.5) is 11.6 Å². The van der Waals surface area contributed by atoms with Gasteiger partial charge in [-0.05, 0) is 24.6 Å². The average Bonchev–Trinajstić information content (AvgIpc) is 3.27. The summed E-state index contributed by atoms with van der Waals surface area (Å²) in [7, 11) is 4.42. The molecule has 11 heteroatoms. The molecule has 0 aliphatic carbocycles. The smallest absolute Gasteiger partial charge is 0.255 e. The van der Waals surface area contributed by atoms with E-state index < -0.39 is 11.9 Å². The fraction of sp³-hybridized carbons (Fsp3) is 0.227. The van der Waals surface area contributed by atoms with Crippen LogP contribution >= 0.6 is 11.6 Å². The maximum absolute atomic E-state index is 13.6. The van der Waals surface area contributed by atoms with Gasteiger partial charge >= 0.3 is 0 Å². The number of carbonyl (C=O) groups excluding carboxylic acids is 1. The lowest BCUT2D eigenvalue weighted by Crippen LogP contribution is -2.31. The minimum absolute atomic E-state index is 0.0151. The highest BCUT2D eigenvalue weighted by atomic mass is 35.5. The first kappa shape index (κ1) is 22.3. The van der Waals surface area contributed by atoms with Gasteiger partial charge in [-0.15, -0.1) is 0 Å². The Balaban J connectivity index is 1.79. The molecule has 2 aromatic carbocycles. The molecule has 1 aromatic heterocycles. The molecule has 3 aromatic rings. The van der Waals surface area contributed by atoms with Gasteiger partial charge < -0.3 is 30.0 Å². The monoisotopic (exact) mass is 471 g/mol. The van der Waals surface area contributed by atoms with Gasteiger partial charge in [0.15, 0.2) is 11.5 Å². The number of aromatic hydroxyl groups is 1. The number of phenols is 1. The number of hydrogen-bond donors (Lipinski definition) is 3. The molecule has 4 rings (SSSR count). The molecular formula is C22H22ClN5O5. The van der Waals surface area contributed by atoms with Crippen LogP contribution in [-0.2, 0) is 4.79 Å². The summed E-state index contributed by atoms with van der Waals surface area (Å²) in [4.78, 5) is 17.8. The quantitative estimate of drug-likeness (QED) is 0.499. The molecule has 33 heavy (non-hydrogen) atoms. The average molecular weight is 472 g/mol. The van der Waals surface area contributed by atoms with Gasteiger partial charge in [-0.2, -0.15) is 10.1 Å². The van der Waals surface area contributed by atoms with Crippen molar-refractivity contribution in [2.45, 2.75) is 13.0 Å². The van der Waals surface area contributed by atoms with Crippen molar-refractivity contribution >= 4 is 29.1 Å². The zero-order valence-corrected chi connectivity index (χ0v) is 19.1. The number of nitrogens with zero attached hydrogens (tertiary/aromatic N) is 3. The summed E-state index contributed by atoms with van der Waals surface area (Å²) in [6.45, 7) is 1.78. The topological polar surface area (TPSA) is 120 Å². The predicted octanol–water partition coefficient (Wildman–Crippen LogP) is 3.59. The number of halogens is 1. The number of benzene rings is 2. The van der Waals surface area contributed by atoms with Crippen LogP contribution in [0.25, 0.3) is 0 Å². The third kappa shape index (κ3) is 4.00. The molecule has 1 aliphatic heterocycles. The molecule has 0 fully saturated rings. The molecule has 10 nitrogen and oxygen atoms in total. The first-order chi connectivity index (χ1) is 15.9. The van der Waals surface area contributed by atoms with Gasteiger partial charge in [0, 0.05) is 17.8 Å². The number of methoxy groups -OCH3 is 3. The number of allylic oxidation sites excluding steroid dienone is 1. The Labute approximate surface area is 194 Å². The van der Waals surface area contributed by atoms with E-state index in [1.807, 2.05) is 0 Å². The summed E-state index contributed by atoms with van der Waals surface area (Å²) in [5.74, 6) is 1.10. The number of aromatic nitrogens is 3. The lowest BCUT2D eigenvalue weighted by atomic mass is 9.94. The number of nitrogens with one attached hydrogen (secondary N) is 2. The fourth-order valence-corrected chi connectivity index (χ4v) is 3.94. The summed E-state index contributed by atoms with van der Waals surface area (Å²) >= 11 is 6.19. The molecule has 0 saturated heterocycles. The number of carbonyl (C=O) groups is 1. The van der Waals surface area contributed by atoms with E-state index in [0.717, 1.165) is 0 Å². The third-order valence-corrected chi connectivity index (χ3v) is 5.58. The number of ether oxygens (including phenoxy) is 3. The van der Waals surface area contributed by atoms with Crippen molar-refractivity contribution in [2.75, 3.05) is 32.0 Å². The molecule has 0 spiro atoms. The van der Waals surface area contributed by atoms with Gasteiger partial charge in [0.1, 0.15) is 23.9 Å². The second-order valence-electron chi connectivity index (χ2n) is 7.17. The second kappa shape index (κ2) is 8.91. The van der Waals surface area contributed by atoms with E-state index in [0.29, 0.717) is 45.0 Å². The van der Waals surface area contributed by atoms with E-state index in [4.69, 9.17) is 25.8 Å². The van der Waals surface area contributed by atoms with E-state index in [9.17, 15) is 9.90 Å². The van der Waals surface area contributed by atoms with Crippen molar-refractivity contribution in [3.63, 3.8) is 0 Å². The van der Waals surface area contributed by atoms with Crippen molar-refractivity contribution < 1.29 is 24.1 Å². The number of rotatable bonds is 6. The summed E-state index contributed by atoms with van der Waals surface area (Å²) in [6.07, 6.45) is 1.40. The van der Waals surface area contributed by atoms with Gasteiger partial charge in [0.05, 0.1) is 37.6 Å². The molecule has 0 saturated carbocycles. The largest absolute Gasteiger partial charge is 0.504 e. The van der Waals surface area contributed by atoms with E-state index in [-0.39, 0.29) is 11.5 Å². The Morgan fingerprint density at radius 2 is 1.85 bits per heavy atom. The zero-order chi connectivity index (χ0) is 23.7. The van der Waals surface area contributed by atoms with Crippen LogP contribution in [0.2, 0.25) is 5.02 Å². The van der Waals surface area contributed by atoms with E-state index in [1.165, 1.54) is 33.7 Å². The highest BCUT2D eigenvalue weighted by molar-refractivity contribution is 6.32. The summed E-state index contributed by atoms with van der Waals surface area (Å²) in [5.41, 5.74) is 2.03. The molecule has 0 radical (unpaired) electrons. The van der Waals surface area contributed by atoms with Gasteiger partial charge in [-0.1, -0.05) is 17.7 Å². The predicted molar refractivity (Wildman–Crippen MR) is 122 cm³/mol. The molecule has 0 unspecified atom stereocenters. The SMILES string of the molecule is COc1cc([C@@H]2C(C(=O)Nc3cc(OC)c(Cl)cc3OC)=C(C)Nc3ncnn32)ccc1O. The highest BCUT2D eigenvalue weighted by Crippen LogP contribution is 2.40. The first-order valence-electron chi connectivity index (χ1n) is 9.85. The van der Waals surface area contributed by atoms with Crippen molar-refractivity contribution in [2.24, 2.45) is 0 Å². The molecule has 1 atom stereocenters. The van der Waals surface area contributed by atoms with Crippen molar-refractivity contribution in [1.82, 2.24) is 14.8 Å². The minimum Gasteiger partial charge on any atom is -0.504 e. The Kier molecular flexibility index (Phi) is 6.01. The molecule has 172 valence electrons. The van der Waals surface area contributed by atoms with Crippen LogP contribution in [0.15, 0.2) is 47.9 Å². The number of anilines is 2. The Hall–Kier alpha value is -3.92. The van der Waals surface area contributed by atoms with Crippen LogP contribution in [0.3, 0.4) is 0 Å². The second-order valence-corrected chi connectivity index (χ2v) is 7.57. The Bertz CT molecular complexity index is 1260. The number of hydrogen-bond acceptors (Lipinski definition) is 8. The van der Waals surface area contributed by atoms with Crippen molar-refractivity contribution in [3.8, 4) is 23.0 Å². The van der Waals surface area contributed by atoms with Gasteiger partial charge in [-0.3, -0.25) is 4.79 Å². The Morgan fingerprint density at radius 1 is 1.12 bits per heavy atom. The summed E-state index contributed by atoms with van der Waals surface area (Å²) < 4.78 is 17.5. The normalized spacial score (nSPS) is 14.9. The maximum Gasteiger partial charge on any atom is 0.255 e. The van der Waals surface area contributed by atoms with Crippen molar-refractivity contribution in [3.05, 3.63) is 58.5 Å². The molecular weight excluding hydrogens is 450 g/mol. The van der Waals surface area contributed by atoms with Gasteiger partial charge in [-0.25, -0.2) is 4.68 Å². The first-order valence-corrected chi connectivity index (χ1v) is 10.2. The molecule has 1 amide bonds. The van der Waals surface area contributed by atoms with Crippen molar-refractivity contribution in [1.29, 1.82) is 0 Å². The van der Waals surface area contributed by atoms with Crippen LogP contribution in [-0.4, -0.2) is 47.1 Å². The number of phenolic OH excluding ortho intramolecular Hbond substituents is 1. The number of fused-ring (bicyclic) bond motifs is 1. The van der Waals surface area contributed by atoms with E-state index in [1.54, 1.807) is 35.9 Å². The molecule has 2 heterocycles. The van der Waals surface area contributed by atoms with Crippen LogP contribution in [0, 0.1) is 0 Å². The van der Waals surface area contributed by atoms with E-state index >= 15 is 0 Å². The maximum atomic E-state index is 13.6. The number of amides is 1. The van der Waals surface area contributed by atoms with E-state index in [2.05, 4.69) is 20.7 Å². The van der Waals surface area contributed by atoms with Crippen LogP contribution < -0.4 is 24.8 Å². The zero-order valence-electron chi connectivity index (χ0n) is 18.3. The molecule has 3 N–H and O–H groups in total. The molecule has 0 bridgehead atoms. The third-order valence-electron chi connectivity index (χ3n) is 5.28. The van der Waals surface area contributed by atoms with Crippen LogP contribution in [0.1, 0.15) is 18.5 Å². The van der Waals surface area contributed by atoms with Gasteiger partial charge in [0.25, 0.3) is 5.91 Å². The standard InChI is InChI=1S/C22H22ClN5O5/c1-11-19(21(30)27-14-9-16(31-2)13(23)8-17(14)32-3)20(28-22(26-11)24-10-25-28)12-5-6-15(29)18(7-12)33-4/h5-10,20,29H,1-4H3,(H,27,30)(H,24,25,26)/t20-/m1/s1. The van der Waals surface area contributed by atoms with Crippen LogP contribution in [0.5, 0.6) is 23.0 Å². The minimum atomic E-state index is -0.640. The summed E-state index contributed by atoms with van der Waals surface area (Å²) in [6, 6.07) is 7.37. The van der Waals surface area contributed by atoms with Gasteiger partial charge in [0.2, 0.25) is 5.95 Å². The summed E-state index contributed by atoms with van der Waals surface area (Å²) in [5, 5.41) is 20.7.